The van der Waals surface area contributed by atoms with Gasteiger partial charge in [-0.05, 0) is 37.8 Å². The molecule has 1 amide bonds. The maximum Gasteiger partial charge on any atom is 0.270 e. The van der Waals surface area contributed by atoms with Crippen LogP contribution in [0.2, 0.25) is 5.15 Å². The molecule has 0 radical (unpaired) electrons. The van der Waals surface area contributed by atoms with Crippen LogP contribution in [-0.2, 0) is 9.47 Å². The van der Waals surface area contributed by atoms with Crippen molar-refractivity contribution >= 4 is 17.5 Å². The molecule has 0 spiro atoms. The summed E-state index contributed by atoms with van der Waals surface area (Å²) in [6.07, 6.45) is 8.99. The van der Waals surface area contributed by atoms with Crippen molar-refractivity contribution in [1.29, 1.82) is 0 Å². The van der Waals surface area contributed by atoms with Gasteiger partial charge in [0.1, 0.15) is 10.8 Å². The van der Waals surface area contributed by atoms with Crippen molar-refractivity contribution in [3.63, 3.8) is 0 Å². The first kappa shape index (κ1) is 18.8. The molecule has 3 rings (SSSR count). The number of carbonyl (C=O) groups is 1. The Bertz CT molecular complexity index is 715. The van der Waals surface area contributed by atoms with Gasteiger partial charge in [0.2, 0.25) is 0 Å². The van der Waals surface area contributed by atoms with Gasteiger partial charge in [0.15, 0.2) is 0 Å². The number of nitrogens with zero attached hydrogens (tertiary/aromatic N) is 3. The monoisotopic (exact) mass is 378 g/mol. The number of methoxy groups -OCH3 is 1. The van der Waals surface area contributed by atoms with Crippen molar-refractivity contribution in [3.8, 4) is 5.69 Å². The van der Waals surface area contributed by atoms with Gasteiger partial charge in [-0.25, -0.2) is 9.97 Å². The topological polar surface area (TPSA) is 78.3 Å². The predicted octanol–water partition coefficient (Wildman–Crippen LogP) is 2.62. The van der Waals surface area contributed by atoms with Gasteiger partial charge in [-0.1, -0.05) is 11.6 Å². The molecule has 0 saturated heterocycles. The van der Waals surface area contributed by atoms with Crippen molar-refractivity contribution < 1.29 is 14.3 Å². The molecule has 2 aromatic heterocycles. The normalized spacial score (nSPS) is 20.1. The highest BCUT2D eigenvalue weighted by atomic mass is 35.5. The third-order valence-electron chi connectivity index (χ3n) is 4.46. The van der Waals surface area contributed by atoms with E-state index >= 15 is 0 Å². The third kappa shape index (κ3) is 5.03. The maximum atomic E-state index is 12.6. The standard InChI is InChI=1S/C18H23ClN4O3/c1-25-8-9-26-15-4-2-13(3-5-15)21-18(24)16-10-14(11-17(19)22-16)23-7-6-20-12-23/h6-7,10-13,15H,2-5,8-9H2,1H3,(H,21,24). The van der Waals surface area contributed by atoms with Gasteiger partial charge < -0.3 is 19.4 Å². The van der Waals surface area contributed by atoms with E-state index in [1.54, 1.807) is 42.5 Å². The minimum Gasteiger partial charge on any atom is -0.382 e. The summed E-state index contributed by atoms with van der Waals surface area (Å²) in [5.74, 6) is -0.211. The number of ether oxygens (including phenoxy) is 2. The molecule has 7 nitrogen and oxygen atoms in total. The van der Waals surface area contributed by atoms with E-state index < -0.39 is 0 Å². The van der Waals surface area contributed by atoms with Gasteiger partial charge in [-0.3, -0.25) is 4.79 Å². The molecule has 8 heteroatoms. The molecule has 2 heterocycles. The lowest BCUT2D eigenvalue weighted by Crippen LogP contribution is -2.39. The fourth-order valence-corrected chi connectivity index (χ4v) is 3.29. The molecule has 1 aliphatic carbocycles. The molecule has 140 valence electrons. The molecular weight excluding hydrogens is 356 g/mol. The summed E-state index contributed by atoms with van der Waals surface area (Å²) in [4.78, 5) is 20.7. The highest BCUT2D eigenvalue weighted by Crippen LogP contribution is 2.22. The number of imidazole rings is 1. The summed E-state index contributed by atoms with van der Waals surface area (Å²) in [6, 6.07) is 3.53. The van der Waals surface area contributed by atoms with E-state index in [1.165, 1.54) is 0 Å². The van der Waals surface area contributed by atoms with E-state index in [1.807, 2.05) is 0 Å². The van der Waals surface area contributed by atoms with Crippen molar-refractivity contribution in [2.75, 3.05) is 20.3 Å². The molecule has 2 aromatic rings. The Morgan fingerprint density at radius 1 is 1.31 bits per heavy atom. The minimum atomic E-state index is -0.211. The van der Waals surface area contributed by atoms with Crippen LogP contribution in [0.25, 0.3) is 5.69 Å². The number of pyridine rings is 1. The lowest BCUT2D eigenvalue weighted by molar-refractivity contribution is -0.00409. The summed E-state index contributed by atoms with van der Waals surface area (Å²) in [5.41, 5.74) is 1.06. The van der Waals surface area contributed by atoms with Crippen LogP contribution in [0.4, 0.5) is 0 Å². The van der Waals surface area contributed by atoms with E-state index in [0.717, 1.165) is 31.4 Å². The van der Waals surface area contributed by atoms with Gasteiger partial charge >= 0.3 is 0 Å². The van der Waals surface area contributed by atoms with E-state index in [4.69, 9.17) is 21.1 Å². The van der Waals surface area contributed by atoms with Crippen LogP contribution in [-0.4, -0.2) is 52.9 Å². The fourth-order valence-electron chi connectivity index (χ4n) is 3.09. The molecule has 1 aliphatic rings. The quantitative estimate of drug-likeness (QED) is 0.592. The molecule has 0 bridgehead atoms. The summed E-state index contributed by atoms with van der Waals surface area (Å²) >= 11 is 6.08. The number of nitrogens with one attached hydrogen (secondary N) is 1. The van der Waals surface area contributed by atoms with E-state index in [9.17, 15) is 4.79 Å². The Morgan fingerprint density at radius 2 is 2.12 bits per heavy atom. The minimum absolute atomic E-state index is 0.127. The van der Waals surface area contributed by atoms with Gasteiger partial charge in [0.25, 0.3) is 5.91 Å². The van der Waals surface area contributed by atoms with Gasteiger partial charge in [0, 0.05) is 25.5 Å². The van der Waals surface area contributed by atoms with E-state index in [-0.39, 0.29) is 23.2 Å². The smallest absolute Gasteiger partial charge is 0.270 e. The second-order valence-corrected chi connectivity index (χ2v) is 6.70. The lowest BCUT2D eigenvalue weighted by atomic mass is 9.93. The van der Waals surface area contributed by atoms with Crippen molar-refractivity contribution in [2.45, 2.75) is 37.8 Å². The van der Waals surface area contributed by atoms with Crippen LogP contribution in [0, 0.1) is 0 Å². The number of aromatic nitrogens is 3. The number of hydrogen-bond acceptors (Lipinski definition) is 5. The SMILES string of the molecule is COCCOC1CCC(NC(=O)c2cc(-n3ccnc3)cc(Cl)n2)CC1. The second-order valence-electron chi connectivity index (χ2n) is 6.31. The Hall–Kier alpha value is -1.96. The van der Waals surface area contributed by atoms with Crippen molar-refractivity contribution in [1.82, 2.24) is 19.9 Å². The van der Waals surface area contributed by atoms with Crippen LogP contribution in [0.5, 0.6) is 0 Å². The molecule has 1 N–H and O–H groups in total. The number of rotatable bonds is 7. The zero-order chi connectivity index (χ0) is 18.4. The molecule has 26 heavy (non-hydrogen) atoms. The first-order valence-corrected chi connectivity index (χ1v) is 9.11. The maximum absolute atomic E-state index is 12.6. The van der Waals surface area contributed by atoms with Gasteiger partial charge in [0.05, 0.1) is 31.3 Å². The summed E-state index contributed by atoms with van der Waals surface area (Å²) in [5, 5.41) is 3.33. The number of halogens is 1. The lowest BCUT2D eigenvalue weighted by Gasteiger charge is -2.29. The van der Waals surface area contributed by atoms with Gasteiger partial charge in [-0.15, -0.1) is 0 Å². The molecule has 1 fully saturated rings. The third-order valence-corrected chi connectivity index (χ3v) is 4.66. The Labute approximate surface area is 157 Å². The highest BCUT2D eigenvalue weighted by Gasteiger charge is 2.24. The number of carbonyl (C=O) groups excluding carboxylic acids is 1. The first-order valence-electron chi connectivity index (χ1n) is 8.73. The van der Waals surface area contributed by atoms with Crippen LogP contribution in [0.15, 0.2) is 30.9 Å². The van der Waals surface area contributed by atoms with Crippen LogP contribution < -0.4 is 5.32 Å². The zero-order valence-electron chi connectivity index (χ0n) is 14.7. The Balaban J connectivity index is 1.56. The average Bonchev–Trinajstić information content (AvgIpc) is 3.18. The van der Waals surface area contributed by atoms with Gasteiger partial charge in [-0.2, -0.15) is 0 Å². The second kappa shape index (κ2) is 9.12. The number of hydrogen-bond donors (Lipinski definition) is 1. The molecule has 0 aliphatic heterocycles. The van der Waals surface area contributed by atoms with Crippen molar-refractivity contribution in [3.05, 3.63) is 41.7 Å². The predicted molar refractivity (Wildman–Crippen MR) is 97.7 cm³/mol. The number of amides is 1. The summed E-state index contributed by atoms with van der Waals surface area (Å²) in [6.45, 7) is 1.22. The van der Waals surface area contributed by atoms with Crippen LogP contribution >= 0.6 is 11.6 Å². The van der Waals surface area contributed by atoms with Crippen LogP contribution in [0.1, 0.15) is 36.2 Å². The summed E-state index contributed by atoms with van der Waals surface area (Å²) < 4.78 is 12.5. The van der Waals surface area contributed by atoms with E-state index in [0.29, 0.717) is 18.9 Å². The zero-order valence-corrected chi connectivity index (χ0v) is 15.5. The van der Waals surface area contributed by atoms with Crippen LogP contribution in [0.3, 0.4) is 0 Å². The molecule has 0 unspecified atom stereocenters. The summed E-state index contributed by atoms with van der Waals surface area (Å²) in [7, 11) is 1.66. The molecular formula is C18H23ClN4O3. The fraction of sp³-hybridized carbons (Fsp3) is 0.500. The van der Waals surface area contributed by atoms with Crippen molar-refractivity contribution in [2.24, 2.45) is 0 Å². The Kier molecular flexibility index (Phi) is 6.60. The molecule has 1 saturated carbocycles. The largest absolute Gasteiger partial charge is 0.382 e. The molecule has 0 aromatic carbocycles. The highest BCUT2D eigenvalue weighted by molar-refractivity contribution is 6.29. The van der Waals surface area contributed by atoms with E-state index in [2.05, 4.69) is 15.3 Å². The molecule has 0 atom stereocenters. The average molecular weight is 379 g/mol. The first-order chi connectivity index (χ1) is 12.7. The Morgan fingerprint density at radius 3 is 2.81 bits per heavy atom.